The highest BCUT2D eigenvalue weighted by Gasteiger charge is 2.31. The molecule has 1 N–H and O–H groups in total. The molecule has 2 aromatic heterocycles. The van der Waals surface area contributed by atoms with Gasteiger partial charge in [-0.2, -0.15) is 0 Å². The molecule has 1 atom stereocenters. The molecule has 20 heavy (non-hydrogen) atoms. The third-order valence-corrected chi connectivity index (χ3v) is 3.66. The Kier molecular flexibility index (Phi) is 3.33. The Balaban J connectivity index is 1.92. The van der Waals surface area contributed by atoms with Crippen molar-refractivity contribution in [3.8, 4) is 0 Å². The monoisotopic (exact) mass is 269 g/mol. The number of pyridine rings is 2. The Morgan fingerprint density at radius 3 is 2.85 bits per heavy atom. The Morgan fingerprint density at radius 2 is 2.10 bits per heavy atom. The van der Waals surface area contributed by atoms with Crippen LogP contribution in [-0.4, -0.2) is 27.3 Å². The van der Waals surface area contributed by atoms with Gasteiger partial charge in [-0.05, 0) is 30.5 Å². The van der Waals surface area contributed by atoms with E-state index in [9.17, 15) is 9.59 Å². The van der Waals surface area contributed by atoms with Crippen LogP contribution in [0, 0.1) is 0 Å². The smallest absolute Gasteiger partial charge is 0.259 e. The molecule has 0 saturated carbocycles. The zero-order valence-corrected chi connectivity index (χ0v) is 11.0. The first-order valence-corrected chi connectivity index (χ1v) is 6.65. The van der Waals surface area contributed by atoms with Gasteiger partial charge in [-0.25, -0.2) is 0 Å². The van der Waals surface area contributed by atoms with E-state index in [0.717, 1.165) is 18.4 Å². The Morgan fingerprint density at radius 1 is 1.30 bits per heavy atom. The van der Waals surface area contributed by atoms with Gasteiger partial charge >= 0.3 is 0 Å². The highest BCUT2D eigenvalue weighted by atomic mass is 16.2. The van der Waals surface area contributed by atoms with Crippen LogP contribution >= 0.6 is 0 Å². The van der Waals surface area contributed by atoms with Gasteiger partial charge < -0.3 is 9.88 Å². The molecule has 3 heterocycles. The number of nitrogens with zero attached hydrogens (tertiary/aromatic N) is 2. The molecule has 102 valence electrons. The second kappa shape index (κ2) is 5.28. The van der Waals surface area contributed by atoms with Crippen molar-refractivity contribution in [1.82, 2.24) is 14.9 Å². The van der Waals surface area contributed by atoms with E-state index in [1.165, 1.54) is 18.5 Å². The number of rotatable bonds is 2. The molecule has 0 spiro atoms. The molecule has 0 radical (unpaired) electrons. The fourth-order valence-corrected chi connectivity index (χ4v) is 2.68. The van der Waals surface area contributed by atoms with Crippen LogP contribution in [0.3, 0.4) is 0 Å². The van der Waals surface area contributed by atoms with Gasteiger partial charge in [0, 0.05) is 37.4 Å². The summed E-state index contributed by atoms with van der Waals surface area (Å²) in [5, 5.41) is 0. The molecule has 1 aliphatic rings. The molecule has 1 amide bonds. The second-order valence-electron chi connectivity index (χ2n) is 4.86. The van der Waals surface area contributed by atoms with E-state index in [1.54, 1.807) is 17.3 Å². The maximum Gasteiger partial charge on any atom is 0.259 e. The molecule has 0 aromatic carbocycles. The Hall–Kier alpha value is -2.43. The number of H-pyrrole nitrogens is 1. The number of amides is 1. The summed E-state index contributed by atoms with van der Waals surface area (Å²) in [7, 11) is 0. The Labute approximate surface area is 116 Å². The van der Waals surface area contributed by atoms with Crippen molar-refractivity contribution in [2.45, 2.75) is 18.9 Å². The van der Waals surface area contributed by atoms with Crippen molar-refractivity contribution in [2.24, 2.45) is 0 Å². The number of carbonyl (C=O) groups excluding carboxylic acids is 1. The van der Waals surface area contributed by atoms with Gasteiger partial charge in [0.1, 0.15) is 5.56 Å². The van der Waals surface area contributed by atoms with Crippen molar-refractivity contribution in [3.05, 3.63) is 64.3 Å². The molecule has 1 saturated heterocycles. The summed E-state index contributed by atoms with van der Waals surface area (Å²) in [5.41, 5.74) is 1.03. The SMILES string of the molecule is O=C(c1c[nH]ccc1=O)N1CCCC1c1ccncc1. The first-order valence-electron chi connectivity index (χ1n) is 6.65. The molecule has 5 nitrogen and oxygen atoms in total. The predicted molar refractivity (Wildman–Crippen MR) is 74.3 cm³/mol. The van der Waals surface area contributed by atoms with Crippen LogP contribution in [0.5, 0.6) is 0 Å². The fourth-order valence-electron chi connectivity index (χ4n) is 2.68. The number of hydrogen-bond acceptors (Lipinski definition) is 3. The largest absolute Gasteiger partial charge is 0.367 e. The average molecular weight is 269 g/mol. The van der Waals surface area contributed by atoms with E-state index in [1.807, 2.05) is 12.1 Å². The number of likely N-dealkylation sites (tertiary alicyclic amines) is 1. The zero-order valence-electron chi connectivity index (χ0n) is 11.0. The molecule has 1 fully saturated rings. The van der Waals surface area contributed by atoms with Crippen molar-refractivity contribution >= 4 is 5.91 Å². The van der Waals surface area contributed by atoms with E-state index in [-0.39, 0.29) is 22.9 Å². The van der Waals surface area contributed by atoms with Crippen molar-refractivity contribution < 1.29 is 4.79 Å². The van der Waals surface area contributed by atoms with Gasteiger partial charge in [0.05, 0.1) is 6.04 Å². The van der Waals surface area contributed by atoms with E-state index < -0.39 is 0 Å². The second-order valence-corrected chi connectivity index (χ2v) is 4.86. The normalized spacial score (nSPS) is 18.2. The summed E-state index contributed by atoms with van der Waals surface area (Å²) in [6.07, 6.45) is 8.33. The molecule has 3 rings (SSSR count). The van der Waals surface area contributed by atoms with Crippen LogP contribution in [0.2, 0.25) is 0 Å². The van der Waals surface area contributed by atoms with Crippen molar-refractivity contribution in [2.75, 3.05) is 6.54 Å². The lowest BCUT2D eigenvalue weighted by Gasteiger charge is -2.24. The van der Waals surface area contributed by atoms with E-state index in [0.29, 0.717) is 6.54 Å². The van der Waals surface area contributed by atoms with Crippen molar-refractivity contribution in [1.29, 1.82) is 0 Å². The molecule has 2 aromatic rings. The number of aromatic amines is 1. The number of aromatic nitrogens is 2. The number of hydrogen-bond donors (Lipinski definition) is 1. The van der Waals surface area contributed by atoms with Crippen LogP contribution in [0.1, 0.15) is 34.8 Å². The minimum absolute atomic E-state index is 0.0325. The summed E-state index contributed by atoms with van der Waals surface area (Å²) >= 11 is 0. The Bertz CT molecular complexity index is 666. The van der Waals surface area contributed by atoms with E-state index in [4.69, 9.17) is 0 Å². The molecule has 0 bridgehead atoms. The lowest BCUT2D eigenvalue weighted by atomic mass is 10.1. The van der Waals surface area contributed by atoms with Crippen LogP contribution in [0.25, 0.3) is 0 Å². The molecule has 0 aliphatic carbocycles. The highest BCUT2D eigenvalue weighted by molar-refractivity contribution is 5.94. The fraction of sp³-hybridized carbons (Fsp3) is 0.267. The highest BCUT2D eigenvalue weighted by Crippen LogP contribution is 2.32. The lowest BCUT2D eigenvalue weighted by Crippen LogP contribution is -2.33. The lowest BCUT2D eigenvalue weighted by molar-refractivity contribution is 0.0734. The summed E-state index contributed by atoms with van der Waals surface area (Å²) in [6, 6.07) is 5.26. The van der Waals surface area contributed by atoms with Crippen LogP contribution in [0.15, 0.2) is 47.8 Å². The van der Waals surface area contributed by atoms with Gasteiger partial charge in [-0.1, -0.05) is 0 Å². The zero-order chi connectivity index (χ0) is 13.9. The first kappa shape index (κ1) is 12.6. The van der Waals surface area contributed by atoms with Gasteiger partial charge in [-0.15, -0.1) is 0 Å². The minimum atomic E-state index is -0.242. The molecule has 5 heteroatoms. The maximum atomic E-state index is 12.5. The topological polar surface area (TPSA) is 66.1 Å². The summed E-state index contributed by atoms with van der Waals surface area (Å²) < 4.78 is 0. The van der Waals surface area contributed by atoms with Gasteiger partial charge in [0.25, 0.3) is 5.91 Å². The van der Waals surface area contributed by atoms with Crippen LogP contribution in [0.4, 0.5) is 0 Å². The van der Waals surface area contributed by atoms with Gasteiger partial charge in [-0.3, -0.25) is 14.6 Å². The molecular weight excluding hydrogens is 254 g/mol. The standard InChI is InChI=1S/C15H15N3O2/c19-14-5-8-17-10-12(14)15(20)18-9-1-2-13(18)11-3-6-16-7-4-11/h3-8,10,13H,1-2,9H2,(H,17,19). The third-order valence-electron chi connectivity index (χ3n) is 3.66. The number of carbonyl (C=O) groups is 1. The van der Waals surface area contributed by atoms with Crippen molar-refractivity contribution in [3.63, 3.8) is 0 Å². The quantitative estimate of drug-likeness (QED) is 0.903. The predicted octanol–water partition coefficient (Wildman–Crippen LogP) is 1.75. The third kappa shape index (κ3) is 2.22. The van der Waals surface area contributed by atoms with Gasteiger partial charge in [0.2, 0.25) is 0 Å². The maximum absolute atomic E-state index is 12.5. The van der Waals surface area contributed by atoms with E-state index >= 15 is 0 Å². The van der Waals surface area contributed by atoms with Crippen LogP contribution < -0.4 is 5.43 Å². The molecule has 1 aliphatic heterocycles. The first-order chi connectivity index (χ1) is 9.77. The summed E-state index contributed by atoms with van der Waals surface area (Å²) in [5.74, 6) is -0.203. The minimum Gasteiger partial charge on any atom is -0.367 e. The van der Waals surface area contributed by atoms with Crippen LogP contribution in [-0.2, 0) is 0 Å². The number of nitrogens with one attached hydrogen (secondary N) is 1. The molecule has 1 unspecified atom stereocenters. The summed E-state index contributed by atoms with van der Waals surface area (Å²) in [6.45, 7) is 0.681. The van der Waals surface area contributed by atoms with Gasteiger partial charge in [0.15, 0.2) is 5.43 Å². The van der Waals surface area contributed by atoms with E-state index in [2.05, 4.69) is 9.97 Å². The average Bonchev–Trinajstić information content (AvgIpc) is 2.97. The molecular formula is C15H15N3O2. The summed E-state index contributed by atoms with van der Waals surface area (Å²) in [4.78, 5) is 32.9.